The highest BCUT2D eigenvalue weighted by atomic mass is 19.1. The Hall–Kier alpha value is -4.26. The van der Waals surface area contributed by atoms with E-state index in [1.165, 1.54) is 12.1 Å². The number of rotatable bonds is 3. The van der Waals surface area contributed by atoms with Gasteiger partial charge in [0.2, 0.25) is 0 Å². The lowest BCUT2D eigenvalue weighted by atomic mass is 10.1. The molecule has 0 saturated carbocycles. The third kappa shape index (κ3) is 2.90. The molecule has 4 aromatic heterocycles. The molecule has 0 spiro atoms. The smallest absolute Gasteiger partial charge is 0.123 e. The zero-order chi connectivity index (χ0) is 20.9. The number of halogens is 1. The van der Waals surface area contributed by atoms with Gasteiger partial charge in [-0.1, -0.05) is 18.2 Å². The number of aromatic amines is 3. The van der Waals surface area contributed by atoms with Crippen molar-refractivity contribution in [2.75, 3.05) is 0 Å². The molecule has 4 heterocycles. The molecule has 7 heteroatoms. The van der Waals surface area contributed by atoms with E-state index >= 15 is 0 Å². The summed E-state index contributed by atoms with van der Waals surface area (Å²) < 4.78 is 13.8. The monoisotopic (exact) mass is 408 g/mol. The van der Waals surface area contributed by atoms with Crippen molar-refractivity contribution in [2.45, 2.75) is 6.92 Å². The van der Waals surface area contributed by atoms with Gasteiger partial charge in [0.05, 0.1) is 28.8 Å². The van der Waals surface area contributed by atoms with Gasteiger partial charge in [-0.3, -0.25) is 10.1 Å². The summed E-state index contributed by atoms with van der Waals surface area (Å²) in [4.78, 5) is 15.5. The second kappa shape index (κ2) is 6.63. The molecule has 0 atom stereocenters. The molecule has 0 aliphatic rings. The molecule has 150 valence electrons. The average Bonchev–Trinajstić information content (AvgIpc) is 3.50. The summed E-state index contributed by atoms with van der Waals surface area (Å²) in [5, 5.41) is 9.58. The van der Waals surface area contributed by atoms with Crippen molar-refractivity contribution in [3.05, 3.63) is 78.6 Å². The SMILES string of the molecule is Cc1ncc(-c2ccc3[nH]nc(-c4cc5c(-c6cccc(F)c6)nccc5[nH]4)c3c2)[nH]1. The number of nitrogens with zero attached hydrogens (tertiary/aromatic N) is 3. The normalized spacial score (nSPS) is 11.5. The highest BCUT2D eigenvalue weighted by Gasteiger charge is 2.15. The molecule has 0 saturated heterocycles. The zero-order valence-corrected chi connectivity index (χ0v) is 16.6. The molecule has 0 aliphatic heterocycles. The Morgan fingerprint density at radius 2 is 1.68 bits per heavy atom. The van der Waals surface area contributed by atoms with Crippen LogP contribution in [0.5, 0.6) is 0 Å². The number of hydrogen-bond donors (Lipinski definition) is 3. The van der Waals surface area contributed by atoms with Gasteiger partial charge in [0, 0.05) is 33.6 Å². The molecule has 0 bridgehead atoms. The number of H-pyrrole nitrogens is 3. The van der Waals surface area contributed by atoms with Crippen LogP contribution >= 0.6 is 0 Å². The molecular weight excluding hydrogens is 391 g/mol. The molecule has 0 fully saturated rings. The van der Waals surface area contributed by atoms with E-state index in [9.17, 15) is 4.39 Å². The fourth-order valence-corrected chi connectivity index (χ4v) is 4.00. The van der Waals surface area contributed by atoms with E-state index in [2.05, 4.69) is 36.2 Å². The van der Waals surface area contributed by atoms with Gasteiger partial charge in [-0.25, -0.2) is 9.37 Å². The van der Waals surface area contributed by atoms with Crippen molar-refractivity contribution in [2.24, 2.45) is 0 Å². The van der Waals surface area contributed by atoms with Gasteiger partial charge < -0.3 is 9.97 Å². The lowest BCUT2D eigenvalue weighted by Gasteiger charge is -2.02. The van der Waals surface area contributed by atoms with Gasteiger partial charge >= 0.3 is 0 Å². The second-order valence-corrected chi connectivity index (χ2v) is 7.53. The molecule has 3 N–H and O–H groups in total. The van der Waals surface area contributed by atoms with Crippen LogP contribution in [0.15, 0.2) is 67.0 Å². The zero-order valence-electron chi connectivity index (χ0n) is 16.6. The van der Waals surface area contributed by atoms with Crippen LogP contribution in [0.1, 0.15) is 5.82 Å². The van der Waals surface area contributed by atoms with Gasteiger partial charge in [-0.05, 0) is 43.3 Å². The van der Waals surface area contributed by atoms with E-state index in [0.717, 1.165) is 61.5 Å². The topological polar surface area (TPSA) is 86.0 Å². The molecule has 6 nitrogen and oxygen atoms in total. The number of fused-ring (bicyclic) bond motifs is 2. The van der Waals surface area contributed by atoms with E-state index in [-0.39, 0.29) is 5.82 Å². The van der Waals surface area contributed by atoms with Gasteiger partial charge in [-0.15, -0.1) is 0 Å². The van der Waals surface area contributed by atoms with E-state index in [1.807, 2.05) is 43.5 Å². The van der Waals surface area contributed by atoms with Gasteiger partial charge in [0.25, 0.3) is 0 Å². The van der Waals surface area contributed by atoms with Crippen LogP contribution in [-0.2, 0) is 0 Å². The maximum Gasteiger partial charge on any atom is 0.123 e. The van der Waals surface area contributed by atoms with Crippen LogP contribution in [0, 0.1) is 12.7 Å². The lowest BCUT2D eigenvalue weighted by molar-refractivity contribution is 0.628. The Labute approximate surface area is 176 Å². The minimum atomic E-state index is -0.285. The maximum absolute atomic E-state index is 13.8. The standard InChI is InChI=1S/C24H17FN6/c1-13-27-12-22(28-13)14-5-6-20-17(10-14)24(31-30-20)21-11-18-19(29-21)7-8-26-23(18)15-3-2-4-16(25)9-15/h2-12,29H,1H3,(H,27,28)(H,30,31). The summed E-state index contributed by atoms with van der Waals surface area (Å²) in [5.41, 5.74) is 7.00. The summed E-state index contributed by atoms with van der Waals surface area (Å²) >= 11 is 0. The van der Waals surface area contributed by atoms with E-state index in [0.29, 0.717) is 0 Å². The largest absolute Gasteiger partial charge is 0.353 e. The first kappa shape index (κ1) is 17.6. The van der Waals surface area contributed by atoms with Crippen molar-refractivity contribution in [3.63, 3.8) is 0 Å². The highest BCUT2D eigenvalue weighted by Crippen LogP contribution is 2.34. The lowest BCUT2D eigenvalue weighted by Crippen LogP contribution is -1.85. The van der Waals surface area contributed by atoms with Crippen LogP contribution in [0.2, 0.25) is 0 Å². The third-order valence-corrected chi connectivity index (χ3v) is 5.48. The number of nitrogens with one attached hydrogen (secondary N) is 3. The van der Waals surface area contributed by atoms with Crippen molar-refractivity contribution in [1.29, 1.82) is 0 Å². The quantitative estimate of drug-likeness (QED) is 0.356. The van der Waals surface area contributed by atoms with Gasteiger partial charge in [0.1, 0.15) is 17.3 Å². The predicted molar refractivity (Wildman–Crippen MR) is 119 cm³/mol. The summed E-state index contributed by atoms with van der Waals surface area (Å²) in [5.74, 6) is 0.586. The molecule has 6 aromatic rings. The van der Waals surface area contributed by atoms with Crippen LogP contribution < -0.4 is 0 Å². The number of benzene rings is 2. The molecule has 31 heavy (non-hydrogen) atoms. The summed E-state index contributed by atoms with van der Waals surface area (Å²) in [7, 11) is 0. The Bertz CT molecular complexity index is 1570. The highest BCUT2D eigenvalue weighted by molar-refractivity contribution is 6.00. The first-order valence-electron chi connectivity index (χ1n) is 9.90. The number of aryl methyl sites for hydroxylation is 1. The molecule has 0 unspecified atom stereocenters. The molecule has 2 aromatic carbocycles. The van der Waals surface area contributed by atoms with Gasteiger partial charge in [0.15, 0.2) is 0 Å². The van der Waals surface area contributed by atoms with Crippen molar-refractivity contribution in [1.82, 2.24) is 30.1 Å². The fourth-order valence-electron chi connectivity index (χ4n) is 4.00. The van der Waals surface area contributed by atoms with Crippen LogP contribution in [0.4, 0.5) is 4.39 Å². The van der Waals surface area contributed by atoms with Crippen molar-refractivity contribution in [3.8, 4) is 33.9 Å². The molecule has 6 rings (SSSR count). The Morgan fingerprint density at radius 1 is 0.774 bits per heavy atom. The summed E-state index contributed by atoms with van der Waals surface area (Å²) in [6, 6.07) is 16.6. The van der Waals surface area contributed by atoms with Crippen LogP contribution in [0.3, 0.4) is 0 Å². The summed E-state index contributed by atoms with van der Waals surface area (Å²) in [6.07, 6.45) is 3.56. The predicted octanol–water partition coefficient (Wildman–Crippen LogP) is 5.61. The number of aromatic nitrogens is 6. The number of pyridine rings is 1. The molecule has 0 amide bonds. The first-order chi connectivity index (χ1) is 15.2. The van der Waals surface area contributed by atoms with Crippen molar-refractivity contribution >= 4 is 21.8 Å². The molecule has 0 aliphatic carbocycles. The first-order valence-corrected chi connectivity index (χ1v) is 9.90. The maximum atomic E-state index is 13.8. The molecule has 0 radical (unpaired) electrons. The Balaban J connectivity index is 1.51. The fraction of sp³-hybridized carbons (Fsp3) is 0.0417. The number of hydrogen-bond acceptors (Lipinski definition) is 3. The van der Waals surface area contributed by atoms with Crippen LogP contribution in [0.25, 0.3) is 55.7 Å². The van der Waals surface area contributed by atoms with Crippen LogP contribution in [-0.4, -0.2) is 30.1 Å². The second-order valence-electron chi connectivity index (χ2n) is 7.53. The Morgan fingerprint density at radius 3 is 2.52 bits per heavy atom. The van der Waals surface area contributed by atoms with E-state index < -0.39 is 0 Å². The average molecular weight is 408 g/mol. The minimum Gasteiger partial charge on any atom is -0.353 e. The van der Waals surface area contributed by atoms with E-state index in [4.69, 9.17) is 0 Å². The minimum absolute atomic E-state index is 0.285. The molecular formula is C24H17FN6. The summed E-state index contributed by atoms with van der Waals surface area (Å²) in [6.45, 7) is 1.93. The number of imidazole rings is 1. The van der Waals surface area contributed by atoms with Gasteiger partial charge in [-0.2, -0.15) is 5.10 Å². The van der Waals surface area contributed by atoms with Crippen molar-refractivity contribution < 1.29 is 4.39 Å². The third-order valence-electron chi connectivity index (χ3n) is 5.48. The Kier molecular flexibility index (Phi) is 3.76. The van der Waals surface area contributed by atoms with E-state index in [1.54, 1.807) is 12.3 Å².